The van der Waals surface area contributed by atoms with Crippen LogP contribution in [0, 0.1) is 0 Å². The molecule has 0 fully saturated rings. The number of hydrogen-bond donors (Lipinski definition) is 1. The van der Waals surface area contributed by atoms with Crippen LogP contribution in [0.25, 0.3) is 0 Å². The number of carbonyl (C=O) groups is 1. The van der Waals surface area contributed by atoms with Crippen molar-refractivity contribution in [2.24, 2.45) is 0 Å². The normalized spacial score (nSPS) is 15.2. The molecular weight excluding hydrogens is 202 g/mol. The first-order chi connectivity index (χ1) is 5.45. The largest absolute Gasteiger partial charge is 0.463 e. The molecule has 6 heteroatoms. The van der Waals surface area contributed by atoms with Crippen LogP contribution in [-0.4, -0.2) is 37.1 Å². The Bertz CT molecular complexity index is 188. The predicted octanol–water partition coefficient (Wildman–Crippen LogP) is 1.06. The van der Waals surface area contributed by atoms with Gasteiger partial charge < -0.3 is 14.4 Å². The molecule has 0 amide bonds. The van der Waals surface area contributed by atoms with Gasteiger partial charge in [0.1, 0.15) is 6.61 Å². The summed E-state index contributed by atoms with van der Waals surface area (Å²) in [5, 5.41) is 8.29. The van der Waals surface area contributed by atoms with E-state index < -0.39 is 12.5 Å². The molecule has 0 spiro atoms. The molecule has 0 aromatic rings. The zero-order chi connectivity index (χ0) is 9.61. The van der Waals surface area contributed by atoms with E-state index in [4.69, 9.17) is 16.3 Å². The van der Waals surface area contributed by atoms with Crippen LogP contribution in [0.3, 0.4) is 0 Å². The fourth-order valence-corrected chi connectivity index (χ4v) is 1.36. The average molecular weight is 215 g/mol. The lowest BCUT2D eigenvalue weighted by molar-refractivity contribution is -0.144. The van der Waals surface area contributed by atoms with E-state index >= 15 is 0 Å². The molecule has 0 aromatic carbocycles. The highest BCUT2D eigenvalue weighted by Gasteiger charge is 2.13. The summed E-state index contributed by atoms with van der Waals surface area (Å²) in [6.45, 7) is -1.46. The fraction of sp³-hybridized carbons (Fsp3) is 0.833. The molecule has 12 heavy (non-hydrogen) atoms. The van der Waals surface area contributed by atoms with Crippen LogP contribution < -0.4 is 0 Å². The number of halogens is 1. The number of carbonyl (C=O) groups excluding carboxylic acids is 1. The third kappa shape index (κ3) is 8.05. The van der Waals surface area contributed by atoms with Gasteiger partial charge in [0.05, 0.1) is 13.0 Å². The number of aliphatic hydroxyl groups is 1. The van der Waals surface area contributed by atoms with Gasteiger partial charge in [-0.15, -0.1) is 0 Å². The molecule has 0 saturated heterocycles. The number of ether oxygens (including phenoxy) is 1. The maximum absolute atomic E-state index is 10.9. The molecule has 1 unspecified atom stereocenters. The first-order valence-corrected chi connectivity index (χ1v) is 6.73. The fourth-order valence-electron chi connectivity index (χ4n) is 0.523. The van der Waals surface area contributed by atoms with Crippen molar-refractivity contribution in [2.45, 2.75) is 6.42 Å². The van der Waals surface area contributed by atoms with Crippen LogP contribution in [0.5, 0.6) is 0 Å². The van der Waals surface area contributed by atoms with E-state index in [1.807, 2.05) is 0 Å². The molecule has 0 aliphatic carbocycles. The maximum Gasteiger partial charge on any atom is 0.306 e. The van der Waals surface area contributed by atoms with Crippen molar-refractivity contribution < 1.29 is 19.2 Å². The summed E-state index contributed by atoms with van der Waals surface area (Å²) in [6, 6.07) is 0. The van der Waals surface area contributed by atoms with Crippen molar-refractivity contribution in [3.8, 4) is 0 Å². The number of esters is 1. The summed E-state index contributed by atoms with van der Waals surface area (Å²) < 4.78 is 15.4. The molecule has 1 atom stereocenters. The Labute approximate surface area is 76.0 Å². The molecule has 0 rings (SSSR count). The summed E-state index contributed by atoms with van der Waals surface area (Å²) in [6.07, 6.45) is 0.177. The van der Waals surface area contributed by atoms with E-state index in [9.17, 15) is 9.36 Å². The first-order valence-electron chi connectivity index (χ1n) is 3.48. The van der Waals surface area contributed by atoms with Crippen LogP contribution in [0.1, 0.15) is 6.42 Å². The van der Waals surface area contributed by atoms with Crippen molar-refractivity contribution in [1.82, 2.24) is 0 Å². The number of rotatable bonds is 5. The highest BCUT2D eigenvalue weighted by molar-refractivity contribution is 7.88. The predicted molar refractivity (Wildman–Crippen MR) is 46.9 cm³/mol. The zero-order valence-electron chi connectivity index (χ0n) is 6.83. The quantitative estimate of drug-likeness (QED) is 0.549. The van der Waals surface area contributed by atoms with Gasteiger partial charge in [-0.3, -0.25) is 4.79 Å². The van der Waals surface area contributed by atoms with E-state index in [1.54, 1.807) is 0 Å². The first kappa shape index (κ1) is 11.9. The third-order valence-electron chi connectivity index (χ3n) is 1.07. The van der Waals surface area contributed by atoms with Crippen LogP contribution >= 0.6 is 17.7 Å². The number of aliphatic hydroxyl groups excluding tert-OH is 1. The Morgan fingerprint density at radius 3 is 2.67 bits per heavy atom. The Hall–Kier alpha value is -0.0500. The lowest BCUT2D eigenvalue weighted by Gasteiger charge is -2.03. The minimum atomic E-state index is -2.64. The van der Waals surface area contributed by atoms with E-state index in [2.05, 4.69) is 4.74 Å². The molecule has 72 valence electrons. The Morgan fingerprint density at radius 1 is 1.67 bits per heavy atom. The van der Waals surface area contributed by atoms with Crippen molar-refractivity contribution in [3.05, 3.63) is 0 Å². The molecule has 0 aromatic heterocycles. The van der Waals surface area contributed by atoms with Gasteiger partial charge in [-0.2, -0.15) is 0 Å². The van der Waals surface area contributed by atoms with Gasteiger partial charge in [0, 0.05) is 12.8 Å². The summed E-state index contributed by atoms with van der Waals surface area (Å²) in [5.74, 6) is -0.480. The molecule has 0 radical (unpaired) electrons. The van der Waals surface area contributed by atoms with E-state index in [0.29, 0.717) is 0 Å². The molecule has 0 heterocycles. The Kier molecular flexibility index (Phi) is 5.55. The van der Waals surface area contributed by atoms with Crippen molar-refractivity contribution in [2.75, 3.05) is 26.0 Å². The minimum Gasteiger partial charge on any atom is -0.463 e. The highest BCUT2D eigenvalue weighted by atomic mass is 35.7. The van der Waals surface area contributed by atoms with E-state index in [1.165, 1.54) is 6.66 Å². The van der Waals surface area contributed by atoms with Crippen molar-refractivity contribution in [1.29, 1.82) is 0 Å². The molecule has 0 aliphatic rings. The number of hydrogen-bond acceptors (Lipinski definition) is 4. The standard InChI is InChI=1S/C6H12ClO4P/c1-12(7,10)5-2-6(9)11-4-3-8/h8H,2-5H2,1H3. The molecular formula is C6H12ClO4P. The van der Waals surface area contributed by atoms with E-state index in [-0.39, 0.29) is 25.8 Å². The second-order valence-electron chi connectivity index (χ2n) is 2.40. The average Bonchev–Trinajstić information content (AvgIpc) is 1.95. The van der Waals surface area contributed by atoms with Gasteiger partial charge in [0.15, 0.2) is 6.49 Å². The van der Waals surface area contributed by atoms with Gasteiger partial charge in [-0.05, 0) is 0 Å². The second-order valence-corrected chi connectivity index (χ2v) is 6.97. The molecule has 4 nitrogen and oxygen atoms in total. The summed E-state index contributed by atoms with van der Waals surface area (Å²) in [7, 11) is 0. The molecule has 0 aliphatic heterocycles. The van der Waals surface area contributed by atoms with E-state index in [0.717, 1.165) is 0 Å². The summed E-state index contributed by atoms with van der Waals surface area (Å²) >= 11 is 5.41. The van der Waals surface area contributed by atoms with Crippen LogP contribution in [0.4, 0.5) is 0 Å². The molecule has 1 N–H and O–H groups in total. The second kappa shape index (κ2) is 5.57. The van der Waals surface area contributed by atoms with Crippen LogP contribution in [-0.2, 0) is 14.1 Å². The lowest BCUT2D eigenvalue weighted by atomic mass is 10.5. The minimum absolute atomic E-state index is 0.0187. The van der Waals surface area contributed by atoms with Crippen molar-refractivity contribution in [3.63, 3.8) is 0 Å². The van der Waals surface area contributed by atoms with Crippen molar-refractivity contribution >= 4 is 23.7 Å². The molecule has 0 bridgehead atoms. The topological polar surface area (TPSA) is 63.6 Å². The molecule has 0 saturated carbocycles. The zero-order valence-corrected chi connectivity index (χ0v) is 8.48. The smallest absolute Gasteiger partial charge is 0.306 e. The Morgan fingerprint density at radius 2 is 2.25 bits per heavy atom. The van der Waals surface area contributed by atoms with Gasteiger partial charge in [-0.25, -0.2) is 0 Å². The van der Waals surface area contributed by atoms with Crippen LogP contribution in [0.2, 0.25) is 0 Å². The SMILES string of the molecule is CP(=O)(Cl)CCC(=O)OCCO. The monoisotopic (exact) mass is 214 g/mol. The van der Waals surface area contributed by atoms with Gasteiger partial charge >= 0.3 is 5.97 Å². The lowest BCUT2D eigenvalue weighted by Crippen LogP contribution is -2.09. The van der Waals surface area contributed by atoms with Gasteiger partial charge in [0.2, 0.25) is 0 Å². The Balaban J connectivity index is 3.51. The van der Waals surface area contributed by atoms with Crippen LogP contribution in [0.15, 0.2) is 0 Å². The highest BCUT2D eigenvalue weighted by Crippen LogP contribution is 2.47. The van der Waals surface area contributed by atoms with Gasteiger partial charge in [-0.1, -0.05) is 11.2 Å². The third-order valence-corrected chi connectivity index (χ3v) is 2.60. The van der Waals surface area contributed by atoms with Gasteiger partial charge in [0.25, 0.3) is 0 Å². The summed E-state index contributed by atoms with van der Waals surface area (Å²) in [4.78, 5) is 10.7. The summed E-state index contributed by atoms with van der Waals surface area (Å²) in [5.41, 5.74) is 0. The maximum atomic E-state index is 10.9.